The lowest BCUT2D eigenvalue weighted by Gasteiger charge is -2.18. The summed E-state index contributed by atoms with van der Waals surface area (Å²) in [5.41, 5.74) is 1.20. The second-order valence-electron chi connectivity index (χ2n) is 6.26. The van der Waals surface area contributed by atoms with Gasteiger partial charge in [-0.05, 0) is 18.9 Å². The molecule has 1 aromatic heterocycles. The minimum Gasteiger partial charge on any atom is -0.478 e. The van der Waals surface area contributed by atoms with Crippen LogP contribution in [0.1, 0.15) is 39.1 Å². The first-order valence-electron chi connectivity index (χ1n) is 7.79. The van der Waals surface area contributed by atoms with Crippen LogP contribution in [-0.4, -0.2) is 23.1 Å². The van der Waals surface area contributed by atoms with E-state index in [2.05, 4.69) is 60.3 Å². The molecule has 0 unspecified atom stereocenters. The van der Waals surface area contributed by atoms with E-state index in [4.69, 9.17) is 4.74 Å². The van der Waals surface area contributed by atoms with Crippen molar-refractivity contribution in [1.82, 2.24) is 9.97 Å². The lowest BCUT2D eigenvalue weighted by Crippen LogP contribution is -2.18. The van der Waals surface area contributed by atoms with E-state index in [0.717, 1.165) is 24.6 Å². The topological polar surface area (TPSA) is 47.0 Å². The first kappa shape index (κ1) is 16.3. The summed E-state index contributed by atoms with van der Waals surface area (Å²) in [5.74, 6) is 2.24. The summed E-state index contributed by atoms with van der Waals surface area (Å²) in [6.07, 6.45) is 0.958. The van der Waals surface area contributed by atoms with Gasteiger partial charge >= 0.3 is 0 Å². The number of hydrogen-bond acceptors (Lipinski definition) is 4. The third-order valence-electron chi connectivity index (χ3n) is 3.23. The van der Waals surface area contributed by atoms with Gasteiger partial charge in [0.2, 0.25) is 5.88 Å². The molecule has 2 rings (SSSR count). The zero-order chi connectivity index (χ0) is 16.0. The van der Waals surface area contributed by atoms with E-state index in [0.29, 0.717) is 12.5 Å². The summed E-state index contributed by atoms with van der Waals surface area (Å²) in [5, 5.41) is 3.37. The van der Waals surface area contributed by atoms with Crippen LogP contribution in [0, 0.1) is 0 Å². The minimum atomic E-state index is -0.108. The van der Waals surface area contributed by atoms with E-state index in [1.54, 1.807) is 0 Å². The molecule has 0 aliphatic heterocycles. The van der Waals surface area contributed by atoms with Crippen molar-refractivity contribution >= 4 is 5.82 Å². The van der Waals surface area contributed by atoms with Crippen LogP contribution in [0.15, 0.2) is 36.4 Å². The molecule has 1 N–H and O–H groups in total. The first-order chi connectivity index (χ1) is 10.5. The number of aromatic nitrogens is 2. The van der Waals surface area contributed by atoms with Gasteiger partial charge < -0.3 is 10.1 Å². The Hall–Kier alpha value is -2.10. The van der Waals surface area contributed by atoms with Gasteiger partial charge in [0.05, 0.1) is 6.61 Å². The number of rotatable bonds is 6. The Morgan fingerprint density at radius 1 is 1.09 bits per heavy atom. The van der Waals surface area contributed by atoms with E-state index >= 15 is 0 Å². The molecule has 0 amide bonds. The fraction of sp³-hybridized carbons (Fsp3) is 0.444. The summed E-state index contributed by atoms with van der Waals surface area (Å²) in [6.45, 7) is 9.70. The Morgan fingerprint density at radius 2 is 1.82 bits per heavy atom. The second-order valence-corrected chi connectivity index (χ2v) is 6.26. The molecule has 118 valence electrons. The maximum Gasteiger partial charge on any atom is 0.218 e. The average molecular weight is 299 g/mol. The standard InChI is InChI=1S/C18H25N3O/c1-5-22-16-13-15(20-17(21-16)18(2,3)4)19-12-11-14-9-7-6-8-10-14/h6-10,13H,5,11-12H2,1-4H3,(H,19,20,21). The van der Waals surface area contributed by atoms with Crippen molar-refractivity contribution in [2.75, 3.05) is 18.5 Å². The van der Waals surface area contributed by atoms with Crippen LogP contribution in [0.2, 0.25) is 0 Å². The van der Waals surface area contributed by atoms with Gasteiger partial charge in [-0.15, -0.1) is 0 Å². The molecule has 0 atom stereocenters. The molecule has 2 aromatic rings. The molecule has 4 nitrogen and oxygen atoms in total. The van der Waals surface area contributed by atoms with Crippen molar-refractivity contribution in [3.8, 4) is 5.88 Å². The number of anilines is 1. The average Bonchev–Trinajstić information content (AvgIpc) is 2.48. The largest absolute Gasteiger partial charge is 0.478 e. The van der Waals surface area contributed by atoms with Crippen LogP contribution in [0.25, 0.3) is 0 Å². The molecular formula is C18H25N3O. The third-order valence-corrected chi connectivity index (χ3v) is 3.23. The maximum atomic E-state index is 5.56. The number of hydrogen-bond donors (Lipinski definition) is 1. The van der Waals surface area contributed by atoms with Crippen molar-refractivity contribution in [1.29, 1.82) is 0 Å². The van der Waals surface area contributed by atoms with Gasteiger partial charge in [-0.25, -0.2) is 4.98 Å². The molecule has 0 radical (unpaired) electrons. The monoisotopic (exact) mass is 299 g/mol. The van der Waals surface area contributed by atoms with Crippen molar-refractivity contribution in [3.63, 3.8) is 0 Å². The van der Waals surface area contributed by atoms with Crippen LogP contribution in [0.4, 0.5) is 5.82 Å². The summed E-state index contributed by atoms with van der Waals surface area (Å²) in [7, 11) is 0. The predicted molar refractivity (Wildman–Crippen MR) is 90.5 cm³/mol. The molecule has 0 spiro atoms. The SMILES string of the molecule is CCOc1cc(NCCc2ccccc2)nc(C(C)(C)C)n1. The van der Waals surface area contributed by atoms with Crippen molar-refractivity contribution in [3.05, 3.63) is 47.8 Å². The Kier molecular flexibility index (Phi) is 5.36. The van der Waals surface area contributed by atoms with E-state index in [9.17, 15) is 0 Å². The minimum absolute atomic E-state index is 0.108. The summed E-state index contributed by atoms with van der Waals surface area (Å²) >= 11 is 0. The lowest BCUT2D eigenvalue weighted by molar-refractivity contribution is 0.322. The molecule has 1 heterocycles. The van der Waals surface area contributed by atoms with Crippen molar-refractivity contribution < 1.29 is 4.74 Å². The molecular weight excluding hydrogens is 274 g/mol. The van der Waals surface area contributed by atoms with Gasteiger partial charge in [-0.3, -0.25) is 0 Å². The Bertz CT molecular complexity index is 591. The van der Waals surface area contributed by atoms with Crippen LogP contribution in [0.5, 0.6) is 5.88 Å². The number of benzene rings is 1. The van der Waals surface area contributed by atoms with Crippen LogP contribution in [0.3, 0.4) is 0 Å². The van der Waals surface area contributed by atoms with Gasteiger partial charge in [0.25, 0.3) is 0 Å². The molecule has 22 heavy (non-hydrogen) atoms. The summed E-state index contributed by atoms with van der Waals surface area (Å²) in [6, 6.07) is 12.3. The third kappa shape index (κ3) is 4.72. The fourth-order valence-corrected chi connectivity index (χ4v) is 2.05. The highest BCUT2D eigenvalue weighted by Crippen LogP contribution is 2.23. The van der Waals surface area contributed by atoms with Crippen LogP contribution in [-0.2, 0) is 11.8 Å². The molecule has 1 aromatic carbocycles. The molecule has 0 bridgehead atoms. The molecule has 0 saturated heterocycles. The van der Waals surface area contributed by atoms with Gasteiger partial charge in [-0.2, -0.15) is 4.98 Å². The van der Waals surface area contributed by atoms with E-state index in [1.807, 2.05) is 19.1 Å². The molecule has 4 heteroatoms. The van der Waals surface area contributed by atoms with Crippen LogP contribution >= 0.6 is 0 Å². The quantitative estimate of drug-likeness (QED) is 0.880. The maximum absolute atomic E-state index is 5.56. The Morgan fingerprint density at radius 3 is 2.45 bits per heavy atom. The lowest BCUT2D eigenvalue weighted by atomic mass is 9.96. The Labute approximate surface area is 133 Å². The highest BCUT2D eigenvalue weighted by atomic mass is 16.5. The highest BCUT2D eigenvalue weighted by Gasteiger charge is 2.19. The van der Waals surface area contributed by atoms with E-state index in [-0.39, 0.29) is 5.41 Å². The van der Waals surface area contributed by atoms with Gasteiger partial charge in [0.15, 0.2) is 0 Å². The van der Waals surface area contributed by atoms with Crippen molar-refractivity contribution in [2.24, 2.45) is 0 Å². The zero-order valence-electron chi connectivity index (χ0n) is 13.9. The zero-order valence-corrected chi connectivity index (χ0v) is 13.9. The fourth-order valence-electron chi connectivity index (χ4n) is 2.05. The molecule has 0 aliphatic carbocycles. The van der Waals surface area contributed by atoms with Gasteiger partial charge in [-0.1, -0.05) is 51.1 Å². The van der Waals surface area contributed by atoms with Gasteiger partial charge in [0, 0.05) is 18.0 Å². The number of ether oxygens (including phenoxy) is 1. The Balaban J connectivity index is 2.07. The molecule has 0 fully saturated rings. The highest BCUT2D eigenvalue weighted by molar-refractivity contribution is 5.39. The summed E-state index contributed by atoms with van der Waals surface area (Å²) in [4.78, 5) is 9.10. The normalized spacial score (nSPS) is 11.3. The first-order valence-corrected chi connectivity index (χ1v) is 7.79. The van der Waals surface area contributed by atoms with Crippen LogP contribution < -0.4 is 10.1 Å². The number of nitrogens with zero attached hydrogens (tertiary/aromatic N) is 2. The second kappa shape index (κ2) is 7.25. The van der Waals surface area contributed by atoms with Crippen molar-refractivity contribution in [2.45, 2.75) is 39.5 Å². The molecule has 0 aliphatic rings. The van der Waals surface area contributed by atoms with E-state index < -0.39 is 0 Å². The molecule has 0 saturated carbocycles. The predicted octanol–water partition coefficient (Wildman–Crippen LogP) is 3.83. The number of nitrogens with one attached hydrogen (secondary N) is 1. The summed E-state index contributed by atoms with van der Waals surface area (Å²) < 4.78 is 5.56. The smallest absolute Gasteiger partial charge is 0.218 e. The van der Waals surface area contributed by atoms with Gasteiger partial charge in [0.1, 0.15) is 11.6 Å². The van der Waals surface area contributed by atoms with E-state index in [1.165, 1.54) is 5.56 Å².